The Morgan fingerprint density at radius 3 is 2.15 bits per heavy atom. The minimum Gasteiger partial charge on any atom is -0.456 e. The maximum atomic E-state index is 6.74. The molecule has 0 radical (unpaired) electrons. The highest BCUT2D eigenvalue weighted by atomic mass is 32.1. The molecule has 1 aliphatic rings. The molecule has 0 atom stereocenters. The molecule has 0 N–H and O–H groups in total. The Bertz CT molecular complexity index is 3400. The lowest BCUT2D eigenvalue weighted by Crippen LogP contribution is -2.27. The Hall–Kier alpha value is -6.69. The van der Waals surface area contributed by atoms with Gasteiger partial charge in [0.05, 0.1) is 22.1 Å². The molecule has 0 saturated heterocycles. The van der Waals surface area contributed by atoms with Crippen LogP contribution in [0.3, 0.4) is 0 Å². The fraction of sp³-hybridized carbons (Fsp3) is 0.0408. The maximum Gasteiger partial charge on any atom is 0.142 e. The van der Waals surface area contributed by atoms with E-state index in [1.807, 2.05) is 11.3 Å². The summed E-state index contributed by atoms with van der Waals surface area (Å²) in [6.45, 7) is 0. The van der Waals surface area contributed by atoms with E-state index in [-0.39, 0.29) is 0 Å². The standard InChI is InChI=1S/C49H31N3OS/c1-2-12-31(13-3-1)52-42-21-9-6-18-39(42)50-49(52)37-17-10-22-43-47(37)36-26-24-30(28-44(36)53-43)33-16-11-23-46-48(33)38-29-32(25-27-45(38)54-46)51-40-19-7-4-14-34(40)35-15-5-8-20-41(35)51/h1-9,11-16,18-29H,10,17H2. The van der Waals surface area contributed by atoms with E-state index in [9.17, 15) is 0 Å². The summed E-state index contributed by atoms with van der Waals surface area (Å²) in [5.41, 5.74) is 12.2. The summed E-state index contributed by atoms with van der Waals surface area (Å²) in [6.07, 6.45) is 4.05. The molecule has 5 heteroatoms. The molecule has 54 heavy (non-hydrogen) atoms. The topological polar surface area (TPSA) is 35.9 Å². The Morgan fingerprint density at radius 2 is 1.31 bits per heavy atom. The monoisotopic (exact) mass is 709 g/mol. The first-order valence-corrected chi connectivity index (χ1v) is 19.3. The van der Waals surface area contributed by atoms with Crippen LogP contribution in [-0.4, -0.2) is 14.1 Å². The van der Waals surface area contributed by atoms with Gasteiger partial charge in [-0.2, -0.15) is 0 Å². The van der Waals surface area contributed by atoms with Gasteiger partial charge in [-0.15, -0.1) is 11.3 Å². The fourth-order valence-corrected chi connectivity index (χ4v) is 10.0. The zero-order valence-corrected chi connectivity index (χ0v) is 30.0. The molecule has 1 aliphatic carbocycles. The van der Waals surface area contributed by atoms with Crippen molar-refractivity contribution in [2.45, 2.75) is 12.8 Å². The highest BCUT2D eigenvalue weighted by Gasteiger charge is 2.22. The van der Waals surface area contributed by atoms with Crippen LogP contribution in [0.5, 0.6) is 0 Å². The van der Waals surface area contributed by atoms with Crippen LogP contribution in [0.4, 0.5) is 0 Å². The molecule has 0 saturated carbocycles. The molecule has 0 unspecified atom stereocenters. The zero-order valence-electron chi connectivity index (χ0n) is 29.2. The molecule has 0 aliphatic heterocycles. The lowest BCUT2D eigenvalue weighted by molar-refractivity contribution is 0.571. The molecule has 0 bridgehead atoms. The van der Waals surface area contributed by atoms with E-state index in [4.69, 9.17) is 9.40 Å². The van der Waals surface area contributed by atoms with Gasteiger partial charge in [-0.05, 0) is 103 Å². The first-order valence-electron chi connectivity index (χ1n) is 18.5. The molecule has 4 heterocycles. The number of hydrogen-bond acceptors (Lipinski definition) is 3. The third kappa shape index (κ3) is 4.27. The summed E-state index contributed by atoms with van der Waals surface area (Å²) in [5.74, 6) is 0.983. The van der Waals surface area contributed by atoms with Crippen molar-refractivity contribution < 1.29 is 4.42 Å². The first kappa shape index (κ1) is 29.8. The molecule has 11 aromatic rings. The average Bonchev–Trinajstić information content (AvgIpc) is 3.99. The summed E-state index contributed by atoms with van der Waals surface area (Å²) >= 11 is 1.86. The van der Waals surface area contributed by atoms with Crippen molar-refractivity contribution in [2.75, 3.05) is 0 Å². The smallest absolute Gasteiger partial charge is 0.142 e. The maximum absolute atomic E-state index is 6.74. The zero-order chi connectivity index (χ0) is 35.3. The molecular weight excluding hydrogens is 679 g/mol. The number of para-hydroxylation sites is 5. The van der Waals surface area contributed by atoms with Gasteiger partial charge in [0.1, 0.15) is 16.8 Å². The minimum atomic E-state index is 0.897. The van der Waals surface area contributed by atoms with Crippen LogP contribution < -0.4 is 10.6 Å². The summed E-state index contributed by atoms with van der Waals surface area (Å²) < 4.78 is 14.0. The number of hydrogen-bond donors (Lipinski definition) is 0. The number of fused-ring (bicyclic) bond motifs is 10. The van der Waals surface area contributed by atoms with Crippen molar-refractivity contribution in [3.05, 3.63) is 174 Å². The number of aromatic nitrogens is 3. The van der Waals surface area contributed by atoms with Gasteiger partial charge in [-0.1, -0.05) is 84.9 Å². The molecule has 4 aromatic heterocycles. The van der Waals surface area contributed by atoms with Crippen LogP contribution in [0.1, 0.15) is 18.7 Å². The Labute approximate surface area is 313 Å². The Morgan fingerprint density at radius 1 is 0.556 bits per heavy atom. The van der Waals surface area contributed by atoms with Crippen LogP contribution >= 0.6 is 11.3 Å². The number of imidazole rings is 1. The largest absolute Gasteiger partial charge is 0.456 e. The van der Waals surface area contributed by atoms with Gasteiger partial charge in [0.25, 0.3) is 0 Å². The molecule has 7 aromatic carbocycles. The third-order valence-electron chi connectivity index (χ3n) is 11.2. The highest BCUT2D eigenvalue weighted by molar-refractivity contribution is 7.26. The lowest BCUT2D eigenvalue weighted by Gasteiger charge is -2.13. The van der Waals surface area contributed by atoms with E-state index < -0.39 is 0 Å². The number of rotatable bonds is 4. The minimum absolute atomic E-state index is 0.897. The summed E-state index contributed by atoms with van der Waals surface area (Å²) in [6, 6.07) is 56.9. The first-order chi connectivity index (χ1) is 26.8. The van der Waals surface area contributed by atoms with E-state index in [1.165, 1.54) is 58.8 Å². The second-order valence-electron chi connectivity index (χ2n) is 14.2. The third-order valence-corrected chi connectivity index (χ3v) is 12.4. The van der Waals surface area contributed by atoms with Gasteiger partial charge in [0.2, 0.25) is 0 Å². The van der Waals surface area contributed by atoms with Crippen molar-refractivity contribution in [2.24, 2.45) is 0 Å². The fourth-order valence-electron chi connectivity index (χ4n) is 8.90. The molecule has 0 fully saturated rings. The normalized spacial score (nSPS) is 13.1. The van der Waals surface area contributed by atoms with Gasteiger partial charge in [0.15, 0.2) is 0 Å². The second kappa shape index (κ2) is 11.4. The van der Waals surface area contributed by atoms with Gasteiger partial charge < -0.3 is 8.98 Å². The molecule has 4 nitrogen and oxygen atoms in total. The van der Waals surface area contributed by atoms with Crippen molar-refractivity contribution in [1.29, 1.82) is 0 Å². The number of furan rings is 1. The number of thiophene rings is 1. The van der Waals surface area contributed by atoms with Crippen LogP contribution in [0.2, 0.25) is 0 Å². The Balaban J connectivity index is 1.06. The van der Waals surface area contributed by atoms with E-state index in [1.54, 1.807) is 0 Å². The van der Waals surface area contributed by atoms with Crippen LogP contribution in [0.25, 0.3) is 98.1 Å². The highest BCUT2D eigenvalue weighted by Crippen LogP contribution is 2.42. The van der Waals surface area contributed by atoms with E-state index in [0.29, 0.717) is 0 Å². The van der Waals surface area contributed by atoms with Crippen molar-refractivity contribution in [3.8, 4) is 22.5 Å². The van der Waals surface area contributed by atoms with E-state index >= 15 is 0 Å². The van der Waals surface area contributed by atoms with Gasteiger partial charge in [0, 0.05) is 58.5 Å². The molecule has 12 rings (SSSR count). The van der Waals surface area contributed by atoms with Crippen LogP contribution in [0, 0.1) is 0 Å². The summed E-state index contributed by atoms with van der Waals surface area (Å²) in [5, 5.41) is 7.38. The van der Waals surface area contributed by atoms with Crippen LogP contribution in [-0.2, 0) is 0 Å². The lowest BCUT2D eigenvalue weighted by atomic mass is 9.97. The van der Waals surface area contributed by atoms with Gasteiger partial charge >= 0.3 is 0 Å². The summed E-state index contributed by atoms with van der Waals surface area (Å²) in [4.78, 5) is 5.25. The van der Waals surface area contributed by atoms with Gasteiger partial charge in [-0.3, -0.25) is 4.57 Å². The molecule has 0 amide bonds. The van der Waals surface area contributed by atoms with E-state index in [2.05, 4.69) is 173 Å². The van der Waals surface area contributed by atoms with Crippen LogP contribution in [0.15, 0.2) is 162 Å². The summed E-state index contributed by atoms with van der Waals surface area (Å²) in [7, 11) is 0. The number of nitrogens with zero attached hydrogens (tertiary/aromatic N) is 3. The second-order valence-corrected chi connectivity index (χ2v) is 15.3. The predicted molar refractivity (Wildman–Crippen MR) is 225 cm³/mol. The molecule has 254 valence electrons. The van der Waals surface area contributed by atoms with Crippen molar-refractivity contribution in [1.82, 2.24) is 14.1 Å². The van der Waals surface area contributed by atoms with Crippen molar-refractivity contribution in [3.63, 3.8) is 0 Å². The van der Waals surface area contributed by atoms with E-state index in [0.717, 1.165) is 62.6 Å². The SMILES string of the molecule is C1=c2oc3cc(-c4cccc5sc6ccc(-n7c8ccccc8c8ccccc87)cc6c45)ccc3c2=C(c2nc3ccccc3n2-c2ccccc2)CC1. The van der Waals surface area contributed by atoms with Crippen molar-refractivity contribution >= 4 is 87.0 Å². The Kier molecular flexibility index (Phi) is 6.30. The molecular formula is C49H31N3OS. The number of benzene rings is 7. The van der Waals surface area contributed by atoms with Gasteiger partial charge in [-0.25, -0.2) is 4.98 Å². The molecule has 0 spiro atoms. The quantitative estimate of drug-likeness (QED) is 0.182. The average molecular weight is 710 g/mol. The predicted octanol–water partition coefficient (Wildman–Crippen LogP) is 11.7.